The Morgan fingerprint density at radius 2 is 2.00 bits per heavy atom. The van der Waals surface area contributed by atoms with Gasteiger partial charge < -0.3 is 14.7 Å². The molecule has 2 saturated heterocycles. The van der Waals surface area contributed by atoms with Crippen LogP contribution in [0.25, 0.3) is 0 Å². The van der Waals surface area contributed by atoms with Crippen LogP contribution in [-0.4, -0.2) is 41.2 Å². The lowest BCUT2D eigenvalue weighted by Crippen LogP contribution is -2.50. The molecule has 2 aromatic carbocycles. The lowest BCUT2D eigenvalue weighted by atomic mass is 9.84. The number of nitrogens with zero attached hydrogens (tertiary/aromatic N) is 1. The van der Waals surface area contributed by atoms with Crippen LogP contribution < -0.4 is 0 Å². The highest BCUT2D eigenvalue weighted by molar-refractivity contribution is 5.94. The van der Waals surface area contributed by atoms with E-state index in [2.05, 4.69) is 24.3 Å². The Morgan fingerprint density at radius 1 is 1.16 bits per heavy atom. The van der Waals surface area contributed by atoms with Crippen LogP contribution in [0.1, 0.15) is 41.1 Å². The number of phenols is 1. The van der Waals surface area contributed by atoms with E-state index < -0.39 is 0 Å². The molecular weight excluding hydrogens is 314 g/mol. The molecule has 0 saturated carbocycles. The Balaban J connectivity index is 1.49. The first-order valence-corrected chi connectivity index (χ1v) is 8.92. The highest BCUT2D eigenvalue weighted by Crippen LogP contribution is 2.41. The Morgan fingerprint density at radius 3 is 2.80 bits per heavy atom. The molecule has 0 aliphatic carbocycles. The summed E-state index contributed by atoms with van der Waals surface area (Å²) in [6.07, 6.45) is 2.91. The smallest absolute Gasteiger partial charge is 0.254 e. The third-order valence-electron chi connectivity index (χ3n) is 5.40. The largest absolute Gasteiger partial charge is 0.508 e. The predicted octanol–water partition coefficient (Wildman–Crippen LogP) is 3.57. The number of carbonyl (C=O) groups excluding carboxylic acids is 1. The van der Waals surface area contributed by atoms with Gasteiger partial charge in [-0.15, -0.1) is 0 Å². The molecule has 4 nitrogen and oxygen atoms in total. The molecule has 1 N–H and O–H groups in total. The van der Waals surface area contributed by atoms with Crippen molar-refractivity contribution in [3.8, 4) is 5.75 Å². The summed E-state index contributed by atoms with van der Waals surface area (Å²) in [5, 5.41) is 9.63. The van der Waals surface area contributed by atoms with E-state index in [0.717, 1.165) is 32.4 Å². The van der Waals surface area contributed by atoms with E-state index in [1.807, 2.05) is 11.0 Å². The number of hydrogen-bond donors (Lipinski definition) is 1. The molecule has 2 atom stereocenters. The highest BCUT2D eigenvalue weighted by atomic mass is 16.5. The average molecular weight is 337 g/mol. The van der Waals surface area contributed by atoms with Gasteiger partial charge in [0.2, 0.25) is 0 Å². The monoisotopic (exact) mass is 337 g/mol. The fourth-order valence-corrected chi connectivity index (χ4v) is 4.16. The van der Waals surface area contributed by atoms with Crippen LogP contribution in [0.15, 0.2) is 54.6 Å². The summed E-state index contributed by atoms with van der Waals surface area (Å²) in [5.41, 5.74) is 1.62. The zero-order valence-electron chi connectivity index (χ0n) is 14.2. The van der Waals surface area contributed by atoms with Gasteiger partial charge in [-0.1, -0.05) is 36.4 Å². The molecule has 130 valence electrons. The molecule has 1 amide bonds. The SMILES string of the molecule is O=C(c1cccc(O)c1)N1CCC[C@]2(C[C@H](c3ccccc3)CO2)C1. The molecule has 0 aromatic heterocycles. The first kappa shape index (κ1) is 16.2. The Hall–Kier alpha value is -2.33. The van der Waals surface area contributed by atoms with Gasteiger partial charge in [-0.3, -0.25) is 4.79 Å². The number of likely N-dealkylation sites (tertiary alicyclic amines) is 1. The Labute approximate surface area is 148 Å². The van der Waals surface area contributed by atoms with E-state index in [9.17, 15) is 9.90 Å². The van der Waals surface area contributed by atoms with E-state index in [0.29, 0.717) is 18.0 Å². The van der Waals surface area contributed by atoms with Crippen LogP contribution >= 0.6 is 0 Å². The highest BCUT2D eigenvalue weighted by Gasteiger charge is 2.44. The first-order valence-electron chi connectivity index (χ1n) is 8.92. The summed E-state index contributed by atoms with van der Waals surface area (Å²) in [5.74, 6) is 0.498. The van der Waals surface area contributed by atoms with Crippen molar-refractivity contribution < 1.29 is 14.6 Å². The number of piperidine rings is 1. The molecule has 4 heteroatoms. The third kappa shape index (κ3) is 3.27. The molecule has 25 heavy (non-hydrogen) atoms. The Kier molecular flexibility index (Phi) is 4.22. The van der Waals surface area contributed by atoms with Gasteiger partial charge in [0.1, 0.15) is 5.75 Å². The van der Waals surface area contributed by atoms with E-state index in [1.54, 1.807) is 18.2 Å². The second kappa shape index (κ2) is 6.52. The second-order valence-corrected chi connectivity index (χ2v) is 7.19. The van der Waals surface area contributed by atoms with Crippen LogP contribution in [0.4, 0.5) is 0 Å². The van der Waals surface area contributed by atoms with Gasteiger partial charge in [0.25, 0.3) is 5.91 Å². The minimum absolute atomic E-state index is 0.0262. The molecule has 2 fully saturated rings. The van der Waals surface area contributed by atoms with Crippen molar-refractivity contribution in [2.45, 2.75) is 30.8 Å². The van der Waals surface area contributed by atoms with Crippen LogP contribution in [0, 0.1) is 0 Å². The maximum Gasteiger partial charge on any atom is 0.254 e. The van der Waals surface area contributed by atoms with Gasteiger partial charge in [0, 0.05) is 24.6 Å². The van der Waals surface area contributed by atoms with Gasteiger partial charge in [0.15, 0.2) is 0 Å². The summed E-state index contributed by atoms with van der Waals surface area (Å²) in [6.45, 7) is 2.10. The molecule has 2 aliphatic heterocycles. The Bertz CT molecular complexity index is 761. The molecule has 2 aliphatic rings. The van der Waals surface area contributed by atoms with Crippen LogP contribution in [0.2, 0.25) is 0 Å². The van der Waals surface area contributed by atoms with Gasteiger partial charge >= 0.3 is 0 Å². The fourth-order valence-electron chi connectivity index (χ4n) is 4.16. The maximum atomic E-state index is 12.8. The van der Waals surface area contributed by atoms with Crippen molar-refractivity contribution in [2.24, 2.45) is 0 Å². The summed E-state index contributed by atoms with van der Waals surface area (Å²) >= 11 is 0. The van der Waals surface area contributed by atoms with Crippen molar-refractivity contribution in [3.63, 3.8) is 0 Å². The molecule has 0 bridgehead atoms. The van der Waals surface area contributed by atoms with Crippen molar-refractivity contribution in [3.05, 3.63) is 65.7 Å². The molecule has 1 spiro atoms. The van der Waals surface area contributed by atoms with Gasteiger partial charge in [-0.25, -0.2) is 0 Å². The van der Waals surface area contributed by atoms with Crippen LogP contribution in [0.5, 0.6) is 5.75 Å². The minimum atomic E-state index is -0.231. The first-order chi connectivity index (χ1) is 12.2. The topological polar surface area (TPSA) is 49.8 Å². The number of benzene rings is 2. The molecule has 0 radical (unpaired) electrons. The van der Waals surface area contributed by atoms with Crippen molar-refractivity contribution in [1.82, 2.24) is 4.90 Å². The van der Waals surface area contributed by atoms with Gasteiger partial charge in [-0.2, -0.15) is 0 Å². The predicted molar refractivity (Wildman–Crippen MR) is 95.7 cm³/mol. The number of aromatic hydroxyl groups is 1. The number of hydrogen-bond acceptors (Lipinski definition) is 3. The molecule has 0 unspecified atom stereocenters. The number of amides is 1. The lowest BCUT2D eigenvalue weighted by Gasteiger charge is -2.40. The van der Waals surface area contributed by atoms with E-state index in [-0.39, 0.29) is 17.3 Å². The standard InChI is InChI=1S/C21H23NO3/c23-19-9-4-8-17(12-19)20(24)22-11-5-10-21(15-22)13-18(14-25-21)16-6-2-1-3-7-16/h1-4,6-9,12,18,23H,5,10-11,13-15H2/t18-,21-/m0/s1. The quantitative estimate of drug-likeness (QED) is 0.911. The van der Waals surface area contributed by atoms with Crippen molar-refractivity contribution >= 4 is 5.91 Å². The number of phenolic OH excluding ortho intramolecular Hbond substituents is 1. The van der Waals surface area contributed by atoms with Crippen LogP contribution in [0.3, 0.4) is 0 Å². The summed E-state index contributed by atoms with van der Waals surface area (Å²) in [6, 6.07) is 17.1. The van der Waals surface area contributed by atoms with Gasteiger partial charge in [-0.05, 0) is 43.0 Å². The summed E-state index contributed by atoms with van der Waals surface area (Å²) in [7, 11) is 0. The van der Waals surface area contributed by atoms with Gasteiger partial charge in [0.05, 0.1) is 12.2 Å². The van der Waals surface area contributed by atoms with Crippen LogP contribution in [-0.2, 0) is 4.74 Å². The lowest BCUT2D eigenvalue weighted by molar-refractivity contribution is -0.0447. The molecule has 2 heterocycles. The second-order valence-electron chi connectivity index (χ2n) is 7.19. The summed E-state index contributed by atoms with van der Waals surface area (Å²) in [4.78, 5) is 14.7. The van der Waals surface area contributed by atoms with E-state index >= 15 is 0 Å². The van der Waals surface area contributed by atoms with E-state index in [1.165, 1.54) is 11.6 Å². The molecule has 4 rings (SSSR count). The fraction of sp³-hybridized carbons (Fsp3) is 0.381. The zero-order valence-corrected chi connectivity index (χ0v) is 14.2. The maximum absolute atomic E-state index is 12.8. The normalized spacial score (nSPS) is 26.1. The molecular formula is C21H23NO3. The number of carbonyl (C=O) groups is 1. The third-order valence-corrected chi connectivity index (χ3v) is 5.40. The summed E-state index contributed by atoms with van der Waals surface area (Å²) < 4.78 is 6.25. The number of rotatable bonds is 2. The molecule has 2 aromatic rings. The average Bonchev–Trinajstić information content (AvgIpc) is 3.05. The van der Waals surface area contributed by atoms with Crippen molar-refractivity contribution in [2.75, 3.05) is 19.7 Å². The van der Waals surface area contributed by atoms with E-state index in [4.69, 9.17) is 4.74 Å². The minimum Gasteiger partial charge on any atom is -0.508 e. The van der Waals surface area contributed by atoms with Crippen molar-refractivity contribution in [1.29, 1.82) is 0 Å². The zero-order chi connectivity index (χ0) is 17.3. The number of ether oxygens (including phenoxy) is 1.